The molecule has 0 unspecified atom stereocenters. The van der Waals surface area contributed by atoms with Crippen molar-refractivity contribution in [1.29, 1.82) is 0 Å². The number of anilines is 2. The third-order valence-electron chi connectivity index (χ3n) is 3.38. The largest absolute Gasteiger partial charge is 0.457 e. The number of hydrogen-bond donors (Lipinski definition) is 1. The van der Waals surface area contributed by atoms with E-state index in [4.69, 9.17) is 4.74 Å². The van der Waals surface area contributed by atoms with Gasteiger partial charge in [-0.15, -0.1) is 23.7 Å². The molecule has 0 aliphatic heterocycles. The van der Waals surface area contributed by atoms with Crippen molar-refractivity contribution < 1.29 is 4.74 Å². The summed E-state index contributed by atoms with van der Waals surface area (Å²) in [7, 11) is 0. The zero-order chi connectivity index (χ0) is 15.5. The third-order valence-corrected chi connectivity index (χ3v) is 4.11. The SMILES string of the molecule is Cl.c1ccc(Oc2ccc(Nc3ncnc4cscc34)cc2)cc1. The Balaban J connectivity index is 0.00000169. The van der Waals surface area contributed by atoms with Crippen LogP contribution in [0.1, 0.15) is 0 Å². The van der Waals surface area contributed by atoms with E-state index in [1.165, 1.54) is 0 Å². The molecule has 120 valence electrons. The van der Waals surface area contributed by atoms with E-state index in [0.29, 0.717) is 0 Å². The summed E-state index contributed by atoms with van der Waals surface area (Å²) in [6, 6.07) is 17.5. The molecule has 0 atom stereocenters. The third kappa shape index (κ3) is 3.48. The maximum absolute atomic E-state index is 5.79. The van der Waals surface area contributed by atoms with Gasteiger partial charge in [-0.3, -0.25) is 0 Å². The number of benzene rings is 2. The lowest BCUT2D eigenvalue weighted by Gasteiger charge is -2.08. The van der Waals surface area contributed by atoms with Gasteiger partial charge in [-0.05, 0) is 36.4 Å². The number of aromatic nitrogens is 2. The van der Waals surface area contributed by atoms with E-state index in [1.54, 1.807) is 17.7 Å². The highest BCUT2D eigenvalue weighted by molar-refractivity contribution is 7.09. The fourth-order valence-electron chi connectivity index (χ4n) is 2.25. The Labute approximate surface area is 149 Å². The molecule has 2 aromatic heterocycles. The lowest BCUT2D eigenvalue weighted by atomic mass is 10.3. The Morgan fingerprint density at radius 2 is 1.58 bits per heavy atom. The quantitative estimate of drug-likeness (QED) is 0.514. The summed E-state index contributed by atoms with van der Waals surface area (Å²) in [4.78, 5) is 8.56. The Bertz CT molecular complexity index is 926. The van der Waals surface area contributed by atoms with Gasteiger partial charge in [0.1, 0.15) is 23.6 Å². The molecule has 0 spiro atoms. The molecule has 4 nitrogen and oxygen atoms in total. The average molecular weight is 356 g/mol. The van der Waals surface area contributed by atoms with Gasteiger partial charge in [-0.1, -0.05) is 18.2 Å². The van der Waals surface area contributed by atoms with E-state index < -0.39 is 0 Å². The van der Waals surface area contributed by atoms with Crippen molar-refractivity contribution in [2.24, 2.45) is 0 Å². The molecule has 0 aliphatic rings. The number of nitrogens with zero attached hydrogens (tertiary/aromatic N) is 2. The maximum atomic E-state index is 5.79. The Kier molecular flexibility index (Phi) is 4.93. The fourth-order valence-corrected chi connectivity index (χ4v) is 3.01. The smallest absolute Gasteiger partial charge is 0.142 e. The van der Waals surface area contributed by atoms with E-state index in [1.807, 2.05) is 65.4 Å². The van der Waals surface area contributed by atoms with Crippen molar-refractivity contribution in [1.82, 2.24) is 9.97 Å². The van der Waals surface area contributed by atoms with Gasteiger partial charge in [0.05, 0.1) is 10.9 Å². The first kappa shape index (κ1) is 16.2. The minimum Gasteiger partial charge on any atom is -0.457 e. The standard InChI is InChI=1S/C18H13N3OS.ClH/c1-2-4-14(5-3-1)22-15-8-6-13(7-9-15)21-18-16-10-23-11-17(16)19-12-20-18;/h1-12H,(H,19,20,21);1H. The molecule has 2 aromatic carbocycles. The van der Waals surface area contributed by atoms with Crippen molar-refractivity contribution in [3.8, 4) is 11.5 Å². The normalized spacial score (nSPS) is 10.2. The van der Waals surface area contributed by atoms with Gasteiger partial charge in [0.25, 0.3) is 0 Å². The van der Waals surface area contributed by atoms with E-state index in [0.717, 1.165) is 33.9 Å². The summed E-state index contributed by atoms with van der Waals surface area (Å²) < 4.78 is 5.79. The minimum atomic E-state index is 0. The van der Waals surface area contributed by atoms with E-state index in [-0.39, 0.29) is 12.4 Å². The van der Waals surface area contributed by atoms with E-state index in [9.17, 15) is 0 Å². The van der Waals surface area contributed by atoms with Crippen LogP contribution >= 0.6 is 23.7 Å². The molecular weight excluding hydrogens is 342 g/mol. The lowest BCUT2D eigenvalue weighted by molar-refractivity contribution is 0.483. The van der Waals surface area contributed by atoms with Crippen molar-refractivity contribution in [3.05, 3.63) is 71.7 Å². The average Bonchev–Trinajstić information content (AvgIpc) is 3.07. The summed E-state index contributed by atoms with van der Waals surface area (Å²) in [6.07, 6.45) is 1.57. The molecule has 2 heterocycles. The first-order chi connectivity index (χ1) is 11.4. The molecule has 0 bridgehead atoms. The second kappa shape index (κ2) is 7.29. The van der Waals surface area contributed by atoms with Crippen LogP contribution in [0.25, 0.3) is 10.9 Å². The van der Waals surface area contributed by atoms with E-state index in [2.05, 4.69) is 15.3 Å². The lowest BCUT2D eigenvalue weighted by Crippen LogP contribution is -1.94. The van der Waals surface area contributed by atoms with Crippen LogP contribution in [0.3, 0.4) is 0 Å². The second-order valence-electron chi connectivity index (χ2n) is 4.96. The number of rotatable bonds is 4. The molecule has 0 radical (unpaired) electrons. The molecular formula is C18H14ClN3OS. The van der Waals surface area contributed by atoms with Crippen LogP contribution in [0.4, 0.5) is 11.5 Å². The number of thiophene rings is 1. The van der Waals surface area contributed by atoms with Gasteiger partial charge in [-0.25, -0.2) is 9.97 Å². The van der Waals surface area contributed by atoms with Crippen molar-refractivity contribution in [3.63, 3.8) is 0 Å². The Morgan fingerprint density at radius 1 is 0.833 bits per heavy atom. The first-order valence-electron chi connectivity index (χ1n) is 7.15. The summed E-state index contributed by atoms with van der Waals surface area (Å²) in [6.45, 7) is 0. The molecule has 0 amide bonds. The molecule has 6 heteroatoms. The topological polar surface area (TPSA) is 47.0 Å². The molecule has 0 fully saturated rings. The van der Waals surface area contributed by atoms with E-state index >= 15 is 0 Å². The predicted octanol–water partition coefficient (Wildman–Crippen LogP) is 5.65. The second-order valence-corrected chi connectivity index (χ2v) is 5.70. The predicted molar refractivity (Wildman–Crippen MR) is 101 cm³/mol. The molecule has 0 saturated heterocycles. The number of halogens is 1. The van der Waals surface area contributed by atoms with Crippen molar-refractivity contribution in [2.45, 2.75) is 0 Å². The maximum Gasteiger partial charge on any atom is 0.142 e. The molecule has 24 heavy (non-hydrogen) atoms. The molecule has 1 N–H and O–H groups in total. The highest BCUT2D eigenvalue weighted by Gasteiger charge is 2.05. The Morgan fingerprint density at radius 3 is 2.38 bits per heavy atom. The van der Waals surface area contributed by atoms with Crippen molar-refractivity contribution >= 4 is 46.2 Å². The van der Waals surface area contributed by atoms with Gasteiger partial charge in [0, 0.05) is 16.4 Å². The number of ether oxygens (including phenoxy) is 1. The number of nitrogens with one attached hydrogen (secondary N) is 1. The van der Waals surface area contributed by atoms with Crippen LogP contribution in [0, 0.1) is 0 Å². The summed E-state index contributed by atoms with van der Waals surface area (Å²) in [5.74, 6) is 2.43. The molecule has 4 rings (SSSR count). The van der Waals surface area contributed by atoms with Crippen LogP contribution < -0.4 is 10.1 Å². The summed E-state index contributed by atoms with van der Waals surface area (Å²) >= 11 is 1.62. The van der Waals surface area contributed by atoms with Crippen LogP contribution in [0.5, 0.6) is 11.5 Å². The zero-order valence-corrected chi connectivity index (χ0v) is 14.2. The highest BCUT2D eigenvalue weighted by Crippen LogP contribution is 2.27. The van der Waals surface area contributed by atoms with Crippen LogP contribution in [-0.4, -0.2) is 9.97 Å². The van der Waals surface area contributed by atoms with Crippen LogP contribution in [0.15, 0.2) is 71.7 Å². The molecule has 4 aromatic rings. The van der Waals surface area contributed by atoms with Crippen LogP contribution in [-0.2, 0) is 0 Å². The summed E-state index contributed by atoms with van der Waals surface area (Å²) in [5, 5.41) is 8.41. The van der Waals surface area contributed by atoms with Crippen molar-refractivity contribution in [2.75, 3.05) is 5.32 Å². The van der Waals surface area contributed by atoms with Gasteiger partial charge < -0.3 is 10.1 Å². The fraction of sp³-hybridized carbons (Fsp3) is 0. The van der Waals surface area contributed by atoms with Gasteiger partial charge >= 0.3 is 0 Å². The number of fused-ring (bicyclic) bond motifs is 1. The highest BCUT2D eigenvalue weighted by atomic mass is 35.5. The van der Waals surface area contributed by atoms with Gasteiger partial charge in [-0.2, -0.15) is 0 Å². The Hall–Kier alpha value is -2.63. The number of hydrogen-bond acceptors (Lipinski definition) is 5. The zero-order valence-electron chi connectivity index (χ0n) is 12.5. The first-order valence-corrected chi connectivity index (χ1v) is 8.10. The van der Waals surface area contributed by atoms with Gasteiger partial charge in [0.2, 0.25) is 0 Å². The monoisotopic (exact) mass is 355 g/mol. The molecule has 0 aliphatic carbocycles. The minimum absolute atomic E-state index is 0. The van der Waals surface area contributed by atoms with Gasteiger partial charge in [0.15, 0.2) is 0 Å². The molecule has 0 saturated carbocycles. The van der Waals surface area contributed by atoms with Crippen LogP contribution in [0.2, 0.25) is 0 Å². The summed E-state index contributed by atoms with van der Waals surface area (Å²) in [5.41, 5.74) is 1.91. The number of para-hydroxylation sites is 1.